The van der Waals surface area contributed by atoms with Crippen LogP contribution in [0.25, 0.3) is 0 Å². The Balaban J connectivity index is 1.68. The first-order valence-electron chi connectivity index (χ1n) is 9.45. The third-order valence-electron chi connectivity index (χ3n) is 5.39. The Hall–Kier alpha value is -1.34. The monoisotopic (exact) mass is 367 g/mol. The van der Waals surface area contributed by atoms with Crippen molar-refractivity contribution in [1.82, 2.24) is 14.6 Å². The number of nitrogens with one attached hydrogen (secondary N) is 2. The number of hydrogen-bond donors (Lipinski definition) is 2. The van der Waals surface area contributed by atoms with E-state index in [9.17, 15) is 13.2 Å². The number of aryl methyl sites for hydroxylation is 1. The Labute approximate surface area is 150 Å². The summed E-state index contributed by atoms with van der Waals surface area (Å²) in [6.45, 7) is 0. The molecule has 6 nitrogen and oxygen atoms in total. The van der Waals surface area contributed by atoms with Crippen LogP contribution < -0.4 is 10.0 Å². The zero-order chi connectivity index (χ0) is 17.9. The van der Waals surface area contributed by atoms with E-state index in [1.54, 1.807) is 11.6 Å². The van der Waals surface area contributed by atoms with Crippen LogP contribution in [0.1, 0.15) is 74.7 Å². The Morgan fingerprint density at radius 1 is 1.00 bits per heavy atom. The minimum Gasteiger partial charge on any atom is -0.348 e. The maximum atomic E-state index is 12.6. The fourth-order valence-electron chi connectivity index (χ4n) is 3.92. The quantitative estimate of drug-likeness (QED) is 0.840. The van der Waals surface area contributed by atoms with E-state index in [2.05, 4.69) is 10.0 Å². The Bertz CT molecular complexity index is 699. The lowest BCUT2D eigenvalue weighted by Crippen LogP contribution is -2.37. The summed E-state index contributed by atoms with van der Waals surface area (Å²) in [5.74, 6) is -0.187. The molecule has 7 heteroatoms. The zero-order valence-electron chi connectivity index (χ0n) is 15.0. The number of hydrogen-bond acceptors (Lipinski definition) is 3. The van der Waals surface area contributed by atoms with Crippen LogP contribution in [0.3, 0.4) is 0 Å². The number of carbonyl (C=O) groups excluding carboxylic acids is 1. The van der Waals surface area contributed by atoms with Crippen LogP contribution in [0.4, 0.5) is 0 Å². The number of nitrogens with zero attached hydrogens (tertiary/aromatic N) is 1. The van der Waals surface area contributed by atoms with Gasteiger partial charge in [-0.3, -0.25) is 4.79 Å². The molecule has 2 saturated carbocycles. The molecule has 0 spiro atoms. The molecule has 0 saturated heterocycles. The first-order valence-corrected chi connectivity index (χ1v) is 10.9. The number of aromatic nitrogens is 1. The molecule has 2 aliphatic carbocycles. The van der Waals surface area contributed by atoms with Crippen molar-refractivity contribution in [2.24, 2.45) is 7.05 Å². The average Bonchev–Trinajstić information content (AvgIpc) is 2.99. The van der Waals surface area contributed by atoms with Crippen LogP contribution in [0.5, 0.6) is 0 Å². The highest BCUT2D eigenvalue weighted by molar-refractivity contribution is 7.89. The molecule has 0 unspecified atom stereocenters. The van der Waals surface area contributed by atoms with E-state index in [-0.39, 0.29) is 22.9 Å². The highest BCUT2D eigenvalue weighted by atomic mass is 32.2. The number of carbonyl (C=O) groups is 1. The highest BCUT2D eigenvalue weighted by Crippen LogP contribution is 2.22. The number of amides is 1. The average molecular weight is 368 g/mol. The molecule has 2 fully saturated rings. The van der Waals surface area contributed by atoms with Gasteiger partial charge in [0.15, 0.2) is 0 Å². The molecule has 2 N–H and O–H groups in total. The van der Waals surface area contributed by atoms with Crippen molar-refractivity contribution in [3.05, 3.63) is 18.0 Å². The second-order valence-corrected chi connectivity index (χ2v) is 9.15. The molecule has 1 amide bonds. The SMILES string of the molecule is Cn1cc(S(=O)(=O)NC2CCCCC2)cc1C(=O)NC1CCCCC1. The molecule has 0 aromatic carbocycles. The van der Waals surface area contributed by atoms with Crippen molar-refractivity contribution < 1.29 is 13.2 Å². The summed E-state index contributed by atoms with van der Waals surface area (Å²) in [6, 6.07) is 1.71. The lowest BCUT2D eigenvalue weighted by molar-refractivity contribution is 0.0919. The van der Waals surface area contributed by atoms with Gasteiger partial charge >= 0.3 is 0 Å². The second-order valence-electron chi connectivity index (χ2n) is 7.44. The van der Waals surface area contributed by atoms with Crippen LogP contribution >= 0.6 is 0 Å². The molecule has 2 aliphatic rings. The van der Waals surface area contributed by atoms with Gasteiger partial charge in [-0.05, 0) is 31.7 Å². The predicted molar refractivity (Wildman–Crippen MR) is 96.9 cm³/mol. The van der Waals surface area contributed by atoms with Crippen LogP contribution in [0.2, 0.25) is 0 Å². The van der Waals surface area contributed by atoms with Gasteiger partial charge in [0.05, 0.1) is 0 Å². The van der Waals surface area contributed by atoms with E-state index in [4.69, 9.17) is 0 Å². The zero-order valence-corrected chi connectivity index (χ0v) is 15.8. The largest absolute Gasteiger partial charge is 0.348 e. The number of sulfonamides is 1. The lowest BCUT2D eigenvalue weighted by Gasteiger charge is -2.22. The molecule has 140 valence electrons. The highest BCUT2D eigenvalue weighted by Gasteiger charge is 2.25. The van der Waals surface area contributed by atoms with Gasteiger partial charge in [0.25, 0.3) is 5.91 Å². The van der Waals surface area contributed by atoms with E-state index in [0.717, 1.165) is 51.4 Å². The first-order chi connectivity index (χ1) is 12.0. The molecule has 0 radical (unpaired) electrons. The smallest absolute Gasteiger partial charge is 0.268 e. The molecule has 1 aromatic rings. The topological polar surface area (TPSA) is 80.2 Å². The molecule has 0 atom stereocenters. The summed E-state index contributed by atoms with van der Waals surface area (Å²) in [6.07, 6.45) is 12.1. The molecule has 0 bridgehead atoms. The van der Waals surface area contributed by atoms with E-state index in [1.807, 2.05) is 0 Å². The molecule has 1 heterocycles. The summed E-state index contributed by atoms with van der Waals surface area (Å²) in [4.78, 5) is 12.7. The van der Waals surface area contributed by atoms with E-state index in [1.165, 1.54) is 25.1 Å². The van der Waals surface area contributed by atoms with Crippen LogP contribution in [-0.2, 0) is 17.1 Å². The van der Waals surface area contributed by atoms with Crippen LogP contribution in [-0.4, -0.2) is 31.0 Å². The second kappa shape index (κ2) is 7.91. The third kappa shape index (κ3) is 4.64. The molecule has 25 heavy (non-hydrogen) atoms. The van der Waals surface area contributed by atoms with Crippen molar-refractivity contribution in [1.29, 1.82) is 0 Å². The van der Waals surface area contributed by atoms with Gasteiger partial charge in [-0.15, -0.1) is 0 Å². The summed E-state index contributed by atoms with van der Waals surface area (Å²) < 4.78 is 29.6. The van der Waals surface area contributed by atoms with Gasteiger partial charge in [0.1, 0.15) is 10.6 Å². The summed E-state index contributed by atoms with van der Waals surface area (Å²) in [5, 5.41) is 3.05. The Kier molecular flexibility index (Phi) is 5.84. The molecule has 1 aromatic heterocycles. The van der Waals surface area contributed by atoms with Gasteiger partial charge in [0, 0.05) is 25.3 Å². The van der Waals surface area contributed by atoms with Crippen molar-refractivity contribution in [2.45, 2.75) is 81.2 Å². The lowest BCUT2D eigenvalue weighted by atomic mass is 9.95. The van der Waals surface area contributed by atoms with Crippen LogP contribution in [0.15, 0.2) is 17.2 Å². The van der Waals surface area contributed by atoms with Gasteiger partial charge in [-0.25, -0.2) is 13.1 Å². The van der Waals surface area contributed by atoms with Crippen molar-refractivity contribution in [3.63, 3.8) is 0 Å². The van der Waals surface area contributed by atoms with Gasteiger partial charge < -0.3 is 9.88 Å². The fraction of sp³-hybridized carbons (Fsp3) is 0.722. The molecule has 0 aliphatic heterocycles. The Morgan fingerprint density at radius 2 is 1.56 bits per heavy atom. The van der Waals surface area contributed by atoms with Gasteiger partial charge in [-0.2, -0.15) is 0 Å². The normalized spacial score (nSPS) is 20.5. The molecular formula is C18H29N3O3S. The van der Waals surface area contributed by atoms with Crippen molar-refractivity contribution >= 4 is 15.9 Å². The minimum atomic E-state index is -3.58. The predicted octanol–water partition coefficient (Wildman–Crippen LogP) is 2.70. The van der Waals surface area contributed by atoms with E-state index < -0.39 is 10.0 Å². The summed E-state index contributed by atoms with van der Waals surface area (Å²) in [5.41, 5.74) is 0.398. The van der Waals surface area contributed by atoms with Crippen molar-refractivity contribution in [2.75, 3.05) is 0 Å². The Morgan fingerprint density at radius 3 is 2.16 bits per heavy atom. The standard InChI is InChI=1S/C18H29N3O3S/c1-21-13-16(25(23,24)20-15-10-6-3-7-11-15)12-17(21)18(22)19-14-8-4-2-5-9-14/h12-15,20H,2-11H2,1H3,(H,19,22). The summed E-state index contributed by atoms with van der Waals surface area (Å²) in [7, 11) is -1.86. The maximum absolute atomic E-state index is 12.6. The number of rotatable bonds is 5. The third-order valence-corrected chi connectivity index (χ3v) is 6.88. The first kappa shape index (κ1) is 18.5. The minimum absolute atomic E-state index is 0.0125. The van der Waals surface area contributed by atoms with E-state index in [0.29, 0.717) is 5.69 Å². The van der Waals surface area contributed by atoms with Gasteiger partial charge in [-0.1, -0.05) is 38.5 Å². The van der Waals surface area contributed by atoms with E-state index >= 15 is 0 Å². The van der Waals surface area contributed by atoms with Crippen LogP contribution in [0, 0.1) is 0 Å². The van der Waals surface area contributed by atoms with Crippen molar-refractivity contribution in [3.8, 4) is 0 Å². The maximum Gasteiger partial charge on any atom is 0.268 e. The molecular weight excluding hydrogens is 338 g/mol. The van der Waals surface area contributed by atoms with Gasteiger partial charge in [0.2, 0.25) is 10.0 Å². The molecule has 3 rings (SSSR count). The summed E-state index contributed by atoms with van der Waals surface area (Å²) >= 11 is 0. The fourth-order valence-corrected chi connectivity index (χ4v) is 5.30.